The van der Waals surface area contributed by atoms with Crippen molar-refractivity contribution in [2.24, 2.45) is 17.8 Å². The summed E-state index contributed by atoms with van der Waals surface area (Å²) >= 11 is 1.80. The first-order chi connectivity index (χ1) is 10.3. The number of carboxylic acid groups (broad SMARTS) is 1. The Hall–Kier alpha value is -1.12. The van der Waals surface area contributed by atoms with Crippen molar-refractivity contribution in [1.82, 2.24) is 10.2 Å². The number of hydrogen-bond acceptors (Lipinski definition) is 3. The second-order valence-electron chi connectivity index (χ2n) is 5.77. The lowest BCUT2D eigenvalue weighted by Gasteiger charge is -2.23. The lowest BCUT2D eigenvalue weighted by molar-refractivity contribution is -0.187. The van der Waals surface area contributed by atoms with Crippen molar-refractivity contribution < 1.29 is 27.9 Å². The van der Waals surface area contributed by atoms with Crippen LogP contribution in [-0.4, -0.2) is 59.3 Å². The number of carboxylic acids is 1. The summed E-state index contributed by atoms with van der Waals surface area (Å²) in [5.41, 5.74) is 0. The smallest absolute Gasteiger partial charge is 0.394 e. The third kappa shape index (κ3) is 4.21. The highest BCUT2D eigenvalue weighted by Gasteiger charge is 2.53. The fourth-order valence-corrected chi connectivity index (χ4v) is 4.02. The summed E-state index contributed by atoms with van der Waals surface area (Å²) in [5.74, 6) is -2.73. The normalized spacial score (nSPS) is 29.4. The molecule has 2 aliphatic rings. The molecule has 2 rings (SSSR count). The highest BCUT2D eigenvalue weighted by molar-refractivity contribution is 7.99. The first-order valence-electron chi connectivity index (χ1n) is 7.19. The van der Waals surface area contributed by atoms with Gasteiger partial charge in [-0.25, -0.2) is 4.79 Å². The fourth-order valence-electron chi connectivity index (χ4n) is 2.86. The number of carbonyl (C=O) groups is 2. The number of carbonyl (C=O) groups excluding carboxylic acids is 1. The Morgan fingerprint density at radius 3 is 2.55 bits per heavy atom. The monoisotopic (exact) mass is 340 g/mol. The second-order valence-corrected chi connectivity index (χ2v) is 6.92. The number of aliphatic carboxylic acids is 1. The van der Waals surface area contributed by atoms with E-state index in [-0.39, 0.29) is 0 Å². The molecule has 0 aromatic heterocycles. The van der Waals surface area contributed by atoms with Gasteiger partial charge in [-0.1, -0.05) is 0 Å². The quantitative estimate of drug-likeness (QED) is 0.825. The zero-order chi connectivity index (χ0) is 16.3. The summed E-state index contributed by atoms with van der Waals surface area (Å²) in [6.07, 6.45) is -2.54. The van der Waals surface area contributed by atoms with Crippen LogP contribution < -0.4 is 5.32 Å². The molecule has 2 fully saturated rings. The predicted molar refractivity (Wildman–Crippen MR) is 75.7 cm³/mol. The van der Waals surface area contributed by atoms with Crippen molar-refractivity contribution >= 4 is 23.8 Å². The third-order valence-electron chi connectivity index (χ3n) is 4.14. The first-order valence-corrected chi connectivity index (χ1v) is 8.34. The Balaban J connectivity index is 1.89. The number of amides is 2. The van der Waals surface area contributed by atoms with E-state index in [1.165, 1.54) is 0 Å². The number of hydrogen-bond donors (Lipinski definition) is 2. The van der Waals surface area contributed by atoms with Crippen molar-refractivity contribution in [1.29, 1.82) is 0 Å². The molecule has 2 aliphatic heterocycles. The van der Waals surface area contributed by atoms with Gasteiger partial charge in [0.25, 0.3) is 0 Å². The molecule has 0 bridgehead atoms. The Kier molecular flexibility index (Phi) is 5.46. The van der Waals surface area contributed by atoms with Gasteiger partial charge in [-0.05, 0) is 30.3 Å². The van der Waals surface area contributed by atoms with Crippen molar-refractivity contribution in [2.45, 2.75) is 19.0 Å². The van der Waals surface area contributed by atoms with Crippen LogP contribution in [0.25, 0.3) is 0 Å². The van der Waals surface area contributed by atoms with Crippen LogP contribution in [0.1, 0.15) is 12.8 Å². The predicted octanol–water partition coefficient (Wildman–Crippen LogP) is 2.03. The van der Waals surface area contributed by atoms with Gasteiger partial charge >= 0.3 is 18.2 Å². The van der Waals surface area contributed by atoms with Crippen LogP contribution in [0.15, 0.2) is 0 Å². The van der Waals surface area contributed by atoms with E-state index in [1.807, 2.05) is 0 Å². The van der Waals surface area contributed by atoms with Gasteiger partial charge in [0.15, 0.2) is 0 Å². The fraction of sp³-hybridized carbons (Fsp3) is 0.846. The van der Waals surface area contributed by atoms with Crippen LogP contribution in [0.4, 0.5) is 18.0 Å². The van der Waals surface area contributed by atoms with Crippen LogP contribution in [0.2, 0.25) is 0 Å². The molecule has 0 spiro atoms. The number of nitrogens with zero attached hydrogens (tertiary/aromatic N) is 1. The van der Waals surface area contributed by atoms with Crippen LogP contribution in [0.3, 0.4) is 0 Å². The molecular weight excluding hydrogens is 321 g/mol. The number of halogens is 3. The molecule has 9 heteroatoms. The molecule has 5 nitrogen and oxygen atoms in total. The molecule has 0 saturated carbocycles. The van der Waals surface area contributed by atoms with Gasteiger partial charge in [0, 0.05) is 19.6 Å². The molecule has 2 heterocycles. The maximum atomic E-state index is 12.9. The molecule has 0 radical (unpaired) electrons. The van der Waals surface area contributed by atoms with Crippen molar-refractivity contribution in [3.05, 3.63) is 0 Å². The number of nitrogens with one attached hydrogen (secondary N) is 1. The summed E-state index contributed by atoms with van der Waals surface area (Å²) in [7, 11) is 0. The molecule has 0 aromatic carbocycles. The maximum Gasteiger partial charge on any atom is 0.394 e. The van der Waals surface area contributed by atoms with Gasteiger partial charge in [0.05, 0.1) is 11.8 Å². The molecular formula is C13H19F3N2O3S. The summed E-state index contributed by atoms with van der Waals surface area (Å²) < 4.78 is 38.6. The third-order valence-corrected chi connectivity index (χ3v) is 5.43. The van der Waals surface area contributed by atoms with Crippen molar-refractivity contribution in [3.8, 4) is 0 Å². The van der Waals surface area contributed by atoms with Gasteiger partial charge in [0.2, 0.25) is 0 Å². The van der Waals surface area contributed by atoms with E-state index in [4.69, 9.17) is 5.11 Å². The van der Waals surface area contributed by atoms with Crippen LogP contribution in [-0.2, 0) is 4.79 Å². The molecule has 22 heavy (non-hydrogen) atoms. The molecule has 2 N–H and O–H groups in total. The summed E-state index contributed by atoms with van der Waals surface area (Å²) in [6, 6.07) is -0.603. The average molecular weight is 340 g/mol. The Morgan fingerprint density at radius 2 is 2.05 bits per heavy atom. The molecule has 126 valence electrons. The minimum atomic E-state index is -4.61. The number of alkyl halides is 3. The van der Waals surface area contributed by atoms with Gasteiger partial charge in [0.1, 0.15) is 0 Å². The molecule has 2 saturated heterocycles. The Labute approximate surface area is 130 Å². The van der Waals surface area contributed by atoms with E-state index >= 15 is 0 Å². The Bertz CT molecular complexity index is 427. The lowest BCUT2D eigenvalue weighted by atomic mass is 9.96. The average Bonchev–Trinajstić information content (AvgIpc) is 2.91. The zero-order valence-electron chi connectivity index (χ0n) is 11.9. The van der Waals surface area contributed by atoms with Gasteiger partial charge in [-0.15, -0.1) is 0 Å². The molecule has 3 atom stereocenters. The first kappa shape index (κ1) is 17.2. The highest BCUT2D eigenvalue weighted by Crippen LogP contribution is 2.37. The van der Waals surface area contributed by atoms with E-state index in [0.29, 0.717) is 12.5 Å². The largest absolute Gasteiger partial charge is 0.481 e. The van der Waals surface area contributed by atoms with E-state index in [9.17, 15) is 22.8 Å². The van der Waals surface area contributed by atoms with Gasteiger partial charge < -0.3 is 15.3 Å². The minimum absolute atomic E-state index is 0.332. The van der Waals surface area contributed by atoms with E-state index in [1.54, 1.807) is 11.8 Å². The number of likely N-dealkylation sites (tertiary alicyclic amines) is 1. The van der Waals surface area contributed by atoms with Crippen LogP contribution >= 0.6 is 11.8 Å². The zero-order valence-corrected chi connectivity index (χ0v) is 12.8. The lowest BCUT2D eigenvalue weighted by Crippen LogP contribution is -2.42. The van der Waals surface area contributed by atoms with Crippen molar-refractivity contribution in [2.75, 3.05) is 31.1 Å². The summed E-state index contributed by atoms with van der Waals surface area (Å²) in [5, 5.41) is 11.6. The molecule has 0 aromatic rings. The standard InChI is InChI=1S/C13H19F3N2O3S/c14-13(15,16)10-6-18(5-9(10)11(19)20)12(21)17-4-8-2-1-3-22-7-8/h8-10H,1-7H2,(H,17,21)(H,19,20)/t8?,9-,10-/m1/s1. The summed E-state index contributed by atoms with van der Waals surface area (Å²) in [4.78, 5) is 23.9. The van der Waals surface area contributed by atoms with E-state index in [2.05, 4.69) is 5.32 Å². The van der Waals surface area contributed by atoms with Crippen LogP contribution in [0, 0.1) is 17.8 Å². The molecule has 0 aliphatic carbocycles. The number of thioether (sulfide) groups is 1. The Morgan fingerprint density at radius 1 is 1.32 bits per heavy atom. The van der Waals surface area contributed by atoms with E-state index < -0.39 is 43.1 Å². The highest BCUT2D eigenvalue weighted by atomic mass is 32.2. The molecule has 2 amide bonds. The second kappa shape index (κ2) is 6.97. The van der Waals surface area contributed by atoms with E-state index in [0.717, 1.165) is 29.2 Å². The number of urea groups is 1. The maximum absolute atomic E-state index is 12.9. The van der Waals surface area contributed by atoms with Crippen molar-refractivity contribution in [3.63, 3.8) is 0 Å². The number of rotatable bonds is 3. The minimum Gasteiger partial charge on any atom is -0.481 e. The van der Waals surface area contributed by atoms with Gasteiger partial charge in [-0.3, -0.25) is 4.79 Å². The molecule has 1 unspecified atom stereocenters. The topological polar surface area (TPSA) is 69.6 Å². The van der Waals surface area contributed by atoms with Crippen LogP contribution in [0.5, 0.6) is 0 Å². The summed E-state index contributed by atoms with van der Waals surface area (Å²) in [6.45, 7) is -0.562. The SMILES string of the molecule is O=C(O)[C@@H]1CN(C(=O)NCC2CCCSC2)C[C@H]1C(F)(F)F. The van der Waals surface area contributed by atoms with Gasteiger partial charge in [-0.2, -0.15) is 24.9 Å².